The normalized spacial score (nSPS) is 11.3. The molecule has 2 nitrogen and oxygen atoms in total. The van der Waals surface area contributed by atoms with Gasteiger partial charge in [0, 0.05) is 24.8 Å². The van der Waals surface area contributed by atoms with Crippen molar-refractivity contribution in [2.45, 2.75) is 13.3 Å². The lowest BCUT2D eigenvalue weighted by Crippen LogP contribution is -2.25. The lowest BCUT2D eigenvalue weighted by atomic mass is 10.2. The molecule has 0 bridgehead atoms. The lowest BCUT2D eigenvalue weighted by Gasteiger charge is -2.25. The van der Waals surface area contributed by atoms with Gasteiger partial charge in [-0.3, -0.25) is 9.89 Å². The molecule has 18 heavy (non-hydrogen) atoms. The minimum absolute atomic E-state index is 0.903. The van der Waals surface area contributed by atoms with Crippen LogP contribution in [0.4, 0.5) is 11.4 Å². The van der Waals surface area contributed by atoms with Gasteiger partial charge in [-0.05, 0) is 24.3 Å². The van der Waals surface area contributed by atoms with Gasteiger partial charge in [-0.15, -0.1) is 0 Å². The van der Waals surface area contributed by atoms with Crippen LogP contribution in [0.1, 0.15) is 13.3 Å². The molecule has 0 aromatic heterocycles. The summed E-state index contributed by atoms with van der Waals surface area (Å²) in [5, 5.41) is 0. The first-order valence-corrected chi connectivity index (χ1v) is 6.22. The Balaban J connectivity index is 2.48. The third-order valence-corrected chi connectivity index (χ3v) is 2.86. The van der Waals surface area contributed by atoms with E-state index < -0.39 is 0 Å². The van der Waals surface area contributed by atoms with Gasteiger partial charge >= 0.3 is 0 Å². The van der Waals surface area contributed by atoms with Crippen molar-refractivity contribution < 1.29 is 0 Å². The standard InChI is InChI=1S/C16H18N2/c1-3-16(17-2)18(14-10-6-4-7-11-14)15-12-8-5-9-13-15/h4-13H,3H2,1-2H3/b17-16-. The van der Waals surface area contributed by atoms with E-state index in [1.165, 1.54) is 0 Å². The van der Waals surface area contributed by atoms with Gasteiger partial charge in [-0.2, -0.15) is 0 Å². The molecule has 2 aromatic rings. The minimum atomic E-state index is 0.903. The summed E-state index contributed by atoms with van der Waals surface area (Å²) in [7, 11) is 1.84. The summed E-state index contributed by atoms with van der Waals surface area (Å²) >= 11 is 0. The Bertz CT molecular complexity index is 464. The van der Waals surface area contributed by atoms with Crippen LogP contribution in [0.5, 0.6) is 0 Å². The van der Waals surface area contributed by atoms with Crippen LogP contribution in [0.2, 0.25) is 0 Å². The maximum Gasteiger partial charge on any atom is 0.107 e. The third-order valence-electron chi connectivity index (χ3n) is 2.86. The number of amidine groups is 1. The fourth-order valence-electron chi connectivity index (χ4n) is 2.02. The smallest absolute Gasteiger partial charge is 0.107 e. The summed E-state index contributed by atoms with van der Waals surface area (Å²) in [5.74, 6) is 1.06. The molecule has 2 aromatic carbocycles. The second-order valence-electron chi connectivity index (χ2n) is 4.00. The van der Waals surface area contributed by atoms with Gasteiger partial charge in [0.2, 0.25) is 0 Å². The summed E-state index contributed by atoms with van der Waals surface area (Å²) in [6, 6.07) is 20.7. The summed E-state index contributed by atoms with van der Waals surface area (Å²) in [6.07, 6.45) is 0.903. The zero-order valence-corrected chi connectivity index (χ0v) is 10.9. The molecule has 0 radical (unpaired) electrons. The quantitative estimate of drug-likeness (QED) is 0.576. The van der Waals surface area contributed by atoms with Crippen LogP contribution < -0.4 is 4.90 Å². The van der Waals surface area contributed by atoms with Crippen molar-refractivity contribution >= 4 is 17.2 Å². The summed E-state index contributed by atoms with van der Waals surface area (Å²) in [4.78, 5) is 6.60. The molecule has 0 unspecified atom stereocenters. The van der Waals surface area contributed by atoms with Crippen molar-refractivity contribution in [3.8, 4) is 0 Å². The maximum atomic E-state index is 4.40. The highest BCUT2D eigenvalue weighted by Crippen LogP contribution is 2.26. The van der Waals surface area contributed by atoms with E-state index in [1.54, 1.807) is 0 Å². The van der Waals surface area contributed by atoms with Gasteiger partial charge in [0.05, 0.1) is 0 Å². The van der Waals surface area contributed by atoms with Crippen LogP contribution in [-0.2, 0) is 0 Å². The Hall–Kier alpha value is -2.09. The molecule has 0 aliphatic carbocycles. The molecular weight excluding hydrogens is 220 g/mol. The molecule has 2 rings (SSSR count). The SMILES string of the molecule is CC/C(=N/C)N(c1ccccc1)c1ccccc1. The number of nitrogens with zero attached hydrogens (tertiary/aromatic N) is 2. The molecule has 0 heterocycles. The first-order chi connectivity index (χ1) is 8.86. The van der Waals surface area contributed by atoms with Gasteiger partial charge in [0.1, 0.15) is 5.84 Å². The van der Waals surface area contributed by atoms with Crippen molar-refractivity contribution in [1.29, 1.82) is 0 Å². The molecule has 0 saturated heterocycles. The Morgan fingerprint density at radius 2 is 1.33 bits per heavy atom. The molecule has 0 amide bonds. The van der Waals surface area contributed by atoms with Gasteiger partial charge in [0.15, 0.2) is 0 Å². The number of aliphatic imine (C=N–C) groups is 1. The number of hydrogen-bond donors (Lipinski definition) is 0. The Labute approximate surface area is 109 Å². The number of benzene rings is 2. The number of hydrogen-bond acceptors (Lipinski definition) is 1. The van der Waals surface area contributed by atoms with Crippen LogP contribution in [0.3, 0.4) is 0 Å². The average molecular weight is 238 g/mol. The summed E-state index contributed by atoms with van der Waals surface area (Å²) in [6.45, 7) is 2.13. The Morgan fingerprint density at radius 1 is 0.889 bits per heavy atom. The van der Waals surface area contributed by atoms with Crippen molar-refractivity contribution in [3.05, 3.63) is 60.7 Å². The molecule has 0 N–H and O–H groups in total. The second kappa shape index (κ2) is 6.01. The zero-order valence-electron chi connectivity index (χ0n) is 10.9. The molecule has 0 atom stereocenters. The monoisotopic (exact) mass is 238 g/mol. The molecule has 0 aliphatic heterocycles. The van der Waals surface area contributed by atoms with Crippen molar-refractivity contribution in [2.75, 3.05) is 11.9 Å². The minimum Gasteiger partial charge on any atom is -0.299 e. The lowest BCUT2D eigenvalue weighted by molar-refractivity contribution is 1.16. The first kappa shape index (κ1) is 12.4. The van der Waals surface area contributed by atoms with Crippen molar-refractivity contribution in [2.24, 2.45) is 4.99 Å². The summed E-state index contributed by atoms with van der Waals surface area (Å²) in [5.41, 5.74) is 2.29. The predicted molar refractivity (Wildman–Crippen MR) is 78.7 cm³/mol. The van der Waals surface area contributed by atoms with E-state index in [9.17, 15) is 0 Å². The maximum absolute atomic E-state index is 4.40. The predicted octanol–water partition coefficient (Wildman–Crippen LogP) is 4.26. The van der Waals surface area contributed by atoms with Crippen LogP contribution in [0, 0.1) is 0 Å². The number of para-hydroxylation sites is 2. The molecule has 0 fully saturated rings. The van der Waals surface area contributed by atoms with E-state index in [2.05, 4.69) is 41.1 Å². The molecule has 0 saturated carbocycles. The third kappa shape index (κ3) is 2.59. The van der Waals surface area contributed by atoms with Gasteiger partial charge in [-0.25, -0.2) is 0 Å². The van der Waals surface area contributed by atoms with Crippen molar-refractivity contribution in [1.82, 2.24) is 0 Å². The van der Waals surface area contributed by atoms with Crippen molar-refractivity contribution in [3.63, 3.8) is 0 Å². The topological polar surface area (TPSA) is 15.6 Å². The van der Waals surface area contributed by atoms with E-state index >= 15 is 0 Å². The van der Waals surface area contributed by atoms with Crippen LogP contribution >= 0.6 is 0 Å². The van der Waals surface area contributed by atoms with Crippen LogP contribution in [0.25, 0.3) is 0 Å². The average Bonchev–Trinajstić information content (AvgIpc) is 2.46. The highest BCUT2D eigenvalue weighted by Gasteiger charge is 2.13. The van der Waals surface area contributed by atoms with E-state index in [1.807, 2.05) is 43.4 Å². The summed E-state index contributed by atoms with van der Waals surface area (Å²) < 4.78 is 0. The number of anilines is 2. The van der Waals surface area contributed by atoms with E-state index in [0.29, 0.717) is 0 Å². The Kier molecular flexibility index (Phi) is 4.13. The zero-order chi connectivity index (χ0) is 12.8. The van der Waals surface area contributed by atoms with Gasteiger partial charge in [-0.1, -0.05) is 43.3 Å². The Morgan fingerprint density at radius 3 is 1.67 bits per heavy atom. The molecule has 92 valence electrons. The molecule has 0 aliphatic rings. The highest BCUT2D eigenvalue weighted by atomic mass is 15.2. The highest BCUT2D eigenvalue weighted by molar-refractivity contribution is 6.03. The fraction of sp³-hybridized carbons (Fsp3) is 0.188. The number of rotatable bonds is 3. The first-order valence-electron chi connectivity index (χ1n) is 6.22. The fourth-order valence-corrected chi connectivity index (χ4v) is 2.02. The van der Waals surface area contributed by atoms with E-state index in [4.69, 9.17) is 0 Å². The molecular formula is C16H18N2. The van der Waals surface area contributed by atoms with Gasteiger partial charge in [0.25, 0.3) is 0 Å². The largest absolute Gasteiger partial charge is 0.299 e. The van der Waals surface area contributed by atoms with E-state index in [-0.39, 0.29) is 0 Å². The van der Waals surface area contributed by atoms with Crippen LogP contribution in [0.15, 0.2) is 65.7 Å². The molecule has 2 heteroatoms. The van der Waals surface area contributed by atoms with Crippen LogP contribution in [-0.4, -0.2) is 12.9 Å². The van der Waals surface area contributed by atoms with Gasteiger partial charge < -0.3 is 0 Å². The molecule has 0 spiro atoms. The second-order valence-corrected chi connectivity index (χ2v) is 4.00. The van der Waals surface area contributed by atoms with E-state index in [0.717, 1.165) is 23.6 Å².